The summed E-state index contributed by atoms with van der Waals surface area (Å²) in [6.07, 6.45) is 1.08. The number of hydrogen-bond donors (Lipinski definition) is 2. The zero-order valence-electron chi connectivity index (χ0n) is 9.97. The number of thiophene rings is 1. The van der Waals surface area contributed by atoms with Crippen molar-refractivity contribution in [2.75, 3.05) is 19.7 Å². The van der Waals surface area contributed by atoms with E-state index in [1.165, 1.54) is 4.88 Å². The van der Waals surface area contributed by atoms with Crippen LogP contribution in [0.1, 0.15) is 24.3 Å². The molecule has 1 saturated heterocycles. The van der Waals surface area contributed by atoms with Crippen molar-refractivity contribution >= 4 is 27.3 Å². The molecular formula is C12H19BrN2OS. The molecular weight excluding hydrogens is 300 g/mol. The summed E-state index contributed by atoms with van der Waals surface area (Å²) in [4.78, 5) is 3.72. The van der Waals surface area contributed by atoms with Crippen molar-refractivity contribution in [3.63, 3.8) is 0 Å². The predicted octanol–water partition coefficient (Wildman–Crippen LogP) is 2.21. The summed E-state index contributed by atoms with van der Waals surface area (Å²) in [5.74, 6) is 0.416. The van der Waals surface area contributed by atoms with E-state index in [1.807, 2.05) is 0 Å². The van der Waals surface area contributed by atoms with Gasteiger partial charge in [-0.05, 0) is 47.8 Å². The van der Waals surface area contributed by atoms with E-state index >= 15 is 0 Å². The first-order valence-corrected chi connectivity index (χ1v) is 7.63. The van der Waals surface area contributed by atoms with Gasteiger partial charge in [0.05, 0.1) is 6.04 Å². The van der Waals surface area contributed by atoms with Gasteiger partial charge in [0, 0.05) is 33.9 Å². The van der Waals surface area contributed by atoms with Gasteiger partial charge in [-0.15, -0.1) is 11.3 Å². The lowest BCUT2D eigenvalue weighted by atomic mass is 10.1. The zero-order valence-corrected chi connectivity index (χ0v) is 12.4. The molecule has 3 N–H and O–H groups in total. The third kappa shape index (κ3) is 3.09. The number of nitrogens with two attached hydrogens (primary N) is 1. The van der Waals surface area contributed by atoms with E-state index in [1.54, 1.807) is 11.3 Å². The Morgan fingerprint density at radius 3 is 2.94 bits per heavy atom. The maximum atomic E-state index is 9.22. The van der Waals surface area contributed by atoms with Crippen LogP contribution in [0.15, 0.2) is 15.9 Å². The van der Waals surface area contributed by atoms with Gasteiger partial charge in [0.15, 0.2) is 0 Å². The number of likely N-dealkylation sites (tertiary alicyclic amines) is 1. The SMILES string of the molecule is CC(N)C(c1cc(Br)cs1)N1CCC(CO)C1. The highest BCUT2D eigenvalue weighted by molar-refractivity contribution is 9.10. The molecule has 2 heterocycles. The van der Waals surface area contributed by atoms with Crippen LogP contribution in [-0.4, -0.2) is 35.7 Å². The topological polar surface area (TPSA) is 49.5 Å². The van der Waals surface area contributed by atoms with Crippen LogP contribution in [0.5, 0.6) is 0 Å². The van der Waals surface area contributed by atoms with Gasteiger partial charge in [0.1, 0.15) is 0 Å². The molecule has 1 aromatic heterocycles. The summed E-state index contributed by atoms with van der Waals surface area (Å²) >= 11 is 5.25. The molecule has 0 bridgehead atoms. The van der Waals surface area contributed by atoms with Crippen molar-refractivity contribution in [2.45, 2.75) is 25.4 Å². The van der Waals surface area contributed by atoms with Crippen LogP contribution in [0, 0.1) is 5.92 Å². The monoisotopic (exact) mass is 318 g/mol. The summed E-state index contributed by atoms with van der Waals surface area (Å²) in [5.41, 5.74) is 6.13. The molecule has 3 unspecified atom stereocenters. The summed E-state index contributed by atoms with van der Waals surface area (Å²) in [5, 5.41) is 11.3. The third-order valence-corrected chi connectivity index (χ3v) is 5.11. The van der Waals surface area contributed by atoms with Crippen molar-refractivity contribution in [3.8, 4) is 0 Å². The van der Waals surface area contributed by atoms with Gasteiger partial charge in [-0.2, -0.15) is 0 Å². The molecule has 1 aliphatic rings. The third-order valence-electron chi connectivity index (χ3n) is 3.35. The average Bonchev–Trinajstić information content (AvgIpc) is 2.88. The van der Waals surface area contributed by atoms with Crippen molar-refractivity contribution in [1.82, 2.24) is 4.90 Å². The second kappa shape index (κ2) is 5.80. The number of halogens is 1. The molecule has 0 radical (unpaired) electrons. The Kier molecular flexibility index (Phi) is 4.60. The molecule has 0 amide bonds. The van der Waals surface area contributed by atoms with Gasteiger partial charge >= 0.3 is 0 Å². The van der Waals surface area contributed by atoms with Crippen LogP contribution in [0.25, 0.3) is 0 Å². The molecule has 0 saturated carbocycles. The van der Waals surface area contributed by atoms with Crippen molar-refractivity contribution < 1.29 is 5.11 Å². The number of hydrogen-bond acceptors (Lipinski definition) is 4. The maximum Gasteiger partial charge on any atom is 0.0591 e. The number of rotatable bonds is 4. The van der Waals surface area contributed by atoms with E-state index in [0.29, 0.717) is 5.92 Å². The Morgan fingerprint density at radius 2 is 2.47 bits per heavy atom. The van der Waals surface area contributed by atoms with Crippen LogP contribution in [0.4, 0.5) is 0 Å². The molecule has 1 aromatic rings. The molecule has 3 nitrogen and oxygen atoms in total. The van der Waals surface area contributed by atoms with Gasteiger partial charge in [0.2, 0.25) is 0 Å². The lowest BCUT2D eigenvalue weighted by Crippen LogP contribution is -2.38. The number of aliphatic hydroxyl groups is 1. The highest BCUT2D eigenvalue weighted by Crippen LogP contribution is 2.34. The Hall–Kier alpha value is 0.0600. The van der Waals surface area contributed by atoms with E-state index < -0.39 is 0 Å². The van der Waals surface area contributed by atoms with Crippen molar-refractivity contribution in [3.05, 3.63) is 20.8 Å². The maximum absolute atomic E-state index is 9.22. The highest BCUT2D eigenvalue weighted by Gasteiger charge is 2.31. The molecule has 5 heteroatoms. The van der Waals surface area contributed by atoms with Gasteiger partial charge < -0.3 is 10.8 Å². The molecule has 3 atom stereocenters. The van der Waals surface area contributed by atoms with Crippen LogP contribution in [0.3, 0.4) is 0 Å². The van der Waals surface area contributed by atoms with E-state index in [9.17, 15) is 5.11 Å². The summed E-state index contributed by atoms with van der Waals surface area (Å²) in [6, 6.07) is 2.55. The summed E-state index contributed by atoms with van der Waals surface area (Å²) in [7, 11) is 0. The molecule has 1 fully saturated rings. The van der Waals surface area contributed by atoms with Crippen LogP contribution in [0.2, 0.25) is 0 Å². The molecule has 1 aliphatic heterocycles. The Labute approximate surface area is 115 Å². The quantitative estimate of drug-likeness (QED) is 0.895. The van der Waals surface area contributed by atoms with Gasteiger partial charge in [-0.25, -0.2) is 0 Å². The molecule has 0 spiro atoms. The Morgan fingerprint density at radius 1 is 1.71 bits per heavy atom. The van der Waals surface area contributed by atoms with Crippen LogP contribution in [-0.2, 0) is 0 Å². The van der Waals surface area contributed by atoms with Crippen LogP contribution >= 0.6 is 27.3 Å². The zero-order chi connectivity index (χ0) is 12.4. The fraction of sp³-hybridized carbons (Fsp3) is 0.667. The smallest absolute Gasteiger partial charge is 0.0591 e. The number of aliphatic hydroxyl groups excluding tert-OH is 1. The van der Waals surface area contributed by atoms with Gasteiger partial charge in [0.25, 0.3) is 0 Å². The van der Waals surface area contributed by atoms with E-state index in [4.69, 9.17) is 5.73 Å². The minimum Gasteiger partial charge on any atom is -0.396 e. The molecule has 2 rings (SSSR count). The molecule has 17 heavy (non-hydrogen) atoms. The minimum atomic E-state index is 0.109. The molecule has 96 valence electrons. The lowest BCUT2D eigenvalue weighted by Gasteiger charge is -2.30. The highest BCUT2D eigenvalue weighted by atomic mass is 79.9. The summed E-state index contributed by atoms with van der Waals surface area (Å²) < 4.78 is 1.13. The second-order valence-electron chi connectivity index (χ2n) is 4.80. The van der Waals surface area contributed by atoms with Crippen molar-refractivity contribution in [2.24, 2.45) is 11.7 Å². The second-order valence-corrected chi connectivity index (χ2v) is 6.66. The lowest BCUT2D eigenvalue weighted by molar-refractivity contribution is 0.187. The fourth-order valence-corrected chi connectivity index (χ4v) is 4.21. The first-order valence-electron chi connectivity index (χ1n) is 5.96. The Bertz CT molecular complexity index is 369. The first-order chi connectivity index (χ1) is 8.11. The molecule has 0 aliphatic carbocycles. The van der Waals surface area contributed by atoms with E-state index in [0.717, 1.165) is 24.0 Å². The van der Waals surface area contributed by atoms with E-state index in [-0.39, 0.29) is 18.7 Å². The number of nitrogens with zero attached hydrogens (tertiary/aromatic N) is 1. The minimum absolute atomic E-state index is 0.109. The van der Waals surface area contributed by atoms with Crippen LogP contribution < -0.4 is 5.73 Å². The molecule has 0 aromatic carbocycles. The van der Waals surface area contributed by atoms with Gasteiger partial charge in [-0.1, -0.05) is 0 Å². The normalized spacial score (nSPS) is 25.1. The van der Waals surface area contributed by atoms with E-state index in [2.05, 4.69) is 39.2 Å². The van der Waals surface area contributed by atoms with Crippen molar-refractivity contribution in [1.29, 1.82) is 0 Å². The summed E-state index contributed by atoms with van der Waals surface area (Å²) in [6.45, 7) is 4.34. The standard InChI is InChI=1S/C12H19BrN2OS/c1-8(14)12(11-4-10(13)7-17-11)15-3-2-9(5-15)6-16/h4,7-9,12,16H,2-3,5-6,14H2,1H3. The van der Waals surface area contributed by atoms with Gasteiger partial charge in [-0.3, -0.25) is 4.90 Å². The fourth-order valence-electron chi connectivity index (χ4n) is 2.52. The largest absolute Gasteiger partial charge is 0.396 e. The first kappa shape index (κ1) is 13.5. The Balaban J connectivity index is 2.13. The average molecular weight is 319 g/mol. The predicted molar refractivity (Wildman–Crippen MR) is 75.2 cm³/mol.